The van der Waals surface area contributed by atoms with Gasteiger partial charge in [-0.1, -0.05) is 30.3 Å². The molecule has 154 valence electrons. The maximum atomic E-state index is 12.1. The molecule has 0 radical (unpaired) electrons. The summed E-state index contributed by atoms with van der Waals surface area (Å²) in [6.07, 6.45) is 2.33. The van der Waals surface area contributed by atoms with Crippen LogP contribution in [0.25, 0.3) is 0 Å². The summed E-state index contributed by atoms with van der Waals surface area (Å²) in [5, 5.41) is 17.3. The van der Waals surface area contributed by atoms with E-state index < -0.39 is 12.0 Å². The van der Waals surface area contributed by atoms with E-state index in [9.17, 15) is 19.5 Å². The van der Waals surface area contributed by atoms with Crippen LogP contribution in [0.2, 0.25) is 0 Å². The molecule has 0 fully saturated rings. The highest BCUT2D eigenvalue weighted by molar-refractivity contribution is 7.98. The number of nitrogens with one attached hydrogen (secondary N) is 3. The van der Waals surface area contributed by atoms with E-state index in [0.717, 1.165) is 16.8 Å². The number of carboxylic acid groups (broad SMARTS) is 1. The third kappa shape index (κ3) is 7.50. The van der Waals surface area contributed by atoms with E-state index in [2.05, 4.69) is 16.0 Å². The van der Waals surface area contributed by atoms with Crippen LogP contribution in [0.3, 0.4) is 0 Å². The maximum absolute atomic E-state index is 12.1. The van der Waals surface area contributed by atoms with Gasteiger partial charge in [-0.05, 0) is 54.7 Å². The van der Waals surface area contributed by atoms with Gasteiger partial charge < -0.3 is 21.1 Å². The molecule has 29 heavy (non-hydrogen) atoms. The molecule has 0 spiro atoms. The number of carbonyl (C=O) groups excluding carboxylic acids is 2. The molecule has 0 aliphatic carbocycles. The Morgan fingerprint density at radius 1 is 1.03 bits per heavy atom. The smallest absolute Gasteiger partial charge is 0.326 e. The minimum Gasteiger partial charge on any atom is -0.480 e. The quantitative estimate of drug-likeness (QED) is 0.501. The standard InChI is InChI=1S/C21H25N3O4S/c1-14-5-3-4-6-17(14)24-21(28)22-16-9-7-15(8-10-16)13-19(25)23-18(20(26)27)11-12-29-2/h3-10,18H,11-13H2,1-2H3,(H,23,25)(H,26,27)(H2,22,24,28)/t18-/m0/s1. The molecular formula is C21H25N3O4S. The van der Waals surface area contributed by atoms with Crippen LogP contribution in [0.1, 0.15) is 17.5 Å². The molecule has 2 aromatic carbocycles. The lowest BCUT2D eigenvalue weighted by Crippen LogP contribution is -2.41. The summed E-state index contributed by atoms with van der Waals surface area (Å²) >= 11 is 1.53. The first-order chi connectivity index (χ1) is 13.9. The SMILES string of the molecule is CSCC[C@H](NC(=O)Cc1ccc(NC(=O)Nc2ccccc2C)cc1)C(=O)O. The minimum atomic E-state index is -1.04. The molecule has 8 heteroatoms. The maximum Gasteiger partial charge on any atom is 0.326 e. The molecule has 7 nitrogen and oxygen atoms in total. The fourth-order valence-electron chi connectivity index (χ4n) is 2.63. The number of aryl methyl sites for hydroxylation is 1. The fourth-order valence-corrected chi connectivity index (χ4v) is 3.10. The van der Waals surface area contributed by atoms with Gasteiger partial charge in [0.05, 0.1) is 6.42 Å². The molecule has 3 amide bonds. The zero-order valence-corrected chi connectivity index (χ0v) is 17.2. The summed E-state index contributed by atoms with van der Waals surface area (Å²) in [5.41, 5.74) is 3.00. The lowest BCUT2D eigenvalue weighted by atomic mass is 10.1. The Bertz CT molecular complexity index is 855. The van der Waals surface area contributed by atoms with Crippen LogP contribution in [-0.4, -0.2) is 41.1 Å². The molecule has 0 saturated heterocycles. The zero-order valence-electron chi connectivity index (χ0n) is 16.4. The Balaban J connectivity index is 1.87. The predicted octanol–water partition coefficient (Wildman–Crippen LogP) is 3.50. The lowest BCUT2D eigenvalue weighted by molar-refractivity contribution is -0.141. The number of aliphatic carboxylic acids is 1. The molecule has 1 atom stereocenters. The number of hydrogen-bond acceptors (Lipinski definition) is 4. The Hall–Kier alpha value is -3.00. The molecule has 0 aliphatic heterocycles. The molecule has 0 aromatic heterocycles. The largest absolute Gasteiger partial charge is 0.480 e. The number of carbonyl (C=O) groups is 3. The van der Waals surface area contributed by atoms with Crippen LogP contribution >= 0.6 is 11.8 Å². The Morgan fingerprint density at radius 3 is 2.34 bits per heavy atom. The van der Waals surface area contributed by atoms with Gasteiger partial charge in [-0.3, -0.25) is 4.79 Å². The highest BCUT2D eigenvalue weighted by Crippen LogP contribution is 2.15. The van der Waals surface area contributed by atoms with Crippen molar-refractivity contribution in [2.75, 3.05) is 22.6 Å². The van der Waals surface area contributed by atoms with Crippen LogP contribution in [0.4, 0.5) is 16.2 Å². The summed E-state index contributed by atoms with van der Waals surface area (Å²) in [5.74, 6) is -0.731. The Labute approximate surface area is 174 Å². The molecule has 0 saturated carbocycles. The third-order valence-electron chi connectivity index (χ3n) is 4.21. The van der Waals surface area contributed by atoms with Crippen molar-refractivity contribution in [3.63, 3.8) is 0 Å². The molecule has 4 N–H and O–H groups in total. The average Bonchev–Trinajstić information content (AvgIpc) is 2.68. The van der Waals surface area contributed by atoms with Crippen molar-refractivity contribution in [2.24, 2.45) is 0 Å². The summed E-state index contributed by atoms with van der Waals surface area (Å²) < 4.78 is 0. The molecule has 2 rings (SSSR count). The number of benzene rings is 2. The summed E-state index contributed by atoms with van der Waals surface area (Å²) in [6.45, 7) is 1.91. The van der Waals surface area contributed by atoms with E-state index in [4.69, 9.17) is 0 Å². The van der Waals surface area contributed by atoms with E-state index in [0.29, 0.717) is 17.9 Å². The highest BCUT2D eigenvalue weighted by atomic mass is 32.2. The van der Waals surface area contributed by atoms with E-state index in [1.54, 1.807) is 24.3 Å². The van der Waals surface area contributed by atoms with E-state index in [1.165, 1.54) is 11.8 Å². The molecule has 0 unspecified atom stereocenters. The first kappa shape index (κ1) is 22.3. The molecule has 0 bridgehead atoms. The normalized spacial score (nSPS) is 11.4. The minimum absolute atomic E-state index is 0.0682. The Morgan fingerprint density at radius 2 is 1.72 bits per heavy atom. The summed E-state index contributed by atoms with van der Waals surface area (Å²) in [4.78, 5) is 35.5. The van der Waals surface area contributed by atoms with Crippen LogP contribution in [0, 0.1) is 6.92 Å². The monoisotopic (exact) mass is 415 g/mol. The fraction of sp³-hybridized carbons (Fsp3) is 0.286. The van der Waals surface area contributed by atoms with E-state index in [-0.39, 0.29) is 18.4 Å². The second kappa shape index (κ2) is 11.1. The number of urea groups is 1. The van der Waals surface area contributed by atoms with Crippen LogP contribution in [-0.2, 0) is 16.0 Å². The van der Waals surface area contributed by atoms with Gasteiger partial charge in [0.1, 0.15) is 6.04 Å². The van der Waals surface area contributed by atoms with Gasteiger partial charge in [0, 0.05) is 11.4 Å². The van der Waals surface area contributed by atoms with Crippen molar-refractivity contribution in [3.05, 3.63) is 59.7 Å². The van der Waals surface area contributed by atoms with Crippen molar-refractivity contribution in [1.29, 1.82) is 0 Å². The predicted molar refractivity (Wildman–Crippen MR) is 117 cm³/mol. The number of rotatable bonds is 9. The third-order valence-corrected chi connectivity index (χ3v) is 4.86. The van der Waals surface area contributed by atoms with Crippen molar-refractivity contribution in [1.82, 2.24) is 5.32 Å². The number of para-hydroxylation sites is 1. The average molecular weight is 416 g/mol. The summed E-state index contributed by atoms with van der Waals surface area (Å²) in [6, 6.07) is 13.1. The Kier molecular flexibility index (Phi) is 8.54. The van der Waals surface area contributed by atoms with Crippen LogP contribution in [0.5, 0.6) is 0 Å². The van der Waals surface area contributed by atoms with Crippen LogP contribution in [0.15, 0.2) is 48.5 Å². The van der Waals surface area contributed by atoms with Crippen molar-refractivity contribution in [3.8, 4) is 0 Å². The van der Waals surface area contributed by atoms with Gasteiger partial charge in [0.15, 0.2) is 0 Å². The van der Waals surface area contributed by atoms with Gasteiger partial charge in [-0.15, -0.1) is 0 Å². The number of anilines is 2. The zero-order chi connectivity index (χ0) is 21.2. The van der Waals surface area contributed by atoms with Crippen molar-refractivity contribution < 1.29 is 19.5 Å². The van der Waals surface area contributed by atoms with Gasteiger partial charge >= 0.3 is 12.0 Å². The molecule has 0 heterocycles. The van der Waals surface area contributed by atoms with Crippen molar-refractivity contribution in [2.45, 2.75) is 25.8 Å². The van der Waals surface area contributed by atoms with Gasteiger partial charge in [-0.2, -0.15) is 11.8 Å². The van der Waals surface area contributed by atoms with E-state index in [1.807, 2.05) is 37.4 Å². The number of amides is 3. The number of thioether (sulfide) groups is 1. The number of carboxylic acids is 1. The summed E-state index contributed by atoms with van der Waals surface area (Å²) in [7, 11) is 0. The number of hydrogen-bond donors (Lipinski definition) is 4. The first-order valence-electron chi connectivity index (χ1n) is 9.12. The molecular weight excluding hydrogens is 390 g/mol. The second-order valence-electron chi connectivity index (χ2n) is 6.51. The van der Waals surface area contributed by atoms with Crippen molar-refractivity contribution >= 4 is 41.0 Å². The second-order valence-corrected chi connectivity index (χ2v) is 7.49. The molecule has 0 aliphatic rings. The van der Waals surface area contributed by atoms with Crippen LogP contribution < -0.4 is 16.0 Å². The van der Waals surface area contributed by atoms with Gasteiger partial charge in [-0.25, -0.2) is 9.59 Å². The topological polar surface area (TPSA) is 108 Å². The first-order valence-corrected chi connectivity index (χ1v) is 10.5. The van der Waals surface area contributed by atoms with Gasteiger partial charge in [0.2, 0.25) is 5.91 Å². The highest BCUT2D eigenvalue weighted by Gasteiger charge is 2.19. The lowest BCUT2D eigenvalue weighted by Gasteiger charge is -2.14. The van der Waals surface area contributed by atoms with Gasteiger partial charge in [0.25, 0.3) is 0 Å². The van der Waals surface area contributed by atoms with E-state index >= 15 is 0 Å². The molecule has 2 aromatic rings.